The lowest BCUT2D eigenvalue weighted by Gasteiger charge is -2.06. The minimum atomic E-state index is -0.679. The van der Waals surface area contributed by atoms with Crippen LogP contribution in [0.2, 0.25) is 0 Å². The van der Waals surface area contributed by atoms with Gasteiger partial charge >= 0.3 is 0 Å². The molecule has 0 aromatic carbocycles. The third-order valence-corrected chi connectivity index (χ3v) is 2.57. The Hall–Kier alpha value is -2.70. The van der Waals surface area contributed by atoms with E-state index in [-0.39, 0.29) is 5.56 Å². The molecule has 2 heterocycles. The zero-order chi connectivity index (χ0) is 14.0. The van der Waals surface area contributed by atoms with E-state index in [0.717, 1.165) is 0 Å². The third kappa shape index (κ3) is 2.59. The number of nitrogens with one attached hydrogen (secondary N) is 3. The summed E-state index contributed by atoms with van der Waals surface area (Å²) in [5.41, 5.74) is 4.96. The topological polar surface area (TPSA) is 104 Å². The van der Waals surface area contributed by atoms with Gasteiger partial charge < -0.3 is 4.98 Å². The van der Waals surface area contributed by atoms with Crippen molar-refractivity contribution in [3.05, 3.63) is 39.9 Å². The number of hydrazine groups is 1. The molecule has 0 spiro atoms. The number of aromatic nitrogens is 2. The third-order valence-electron chi connectivity index (χ3n) is 2.57. The number of pyridine rings is 2. The number of H-pyrrole nitrogens is 1. The second-order valence-electron chi connectivity index (χ2n) is 4.01. The van der Waals surface area contributed by atoms with E-state index < -0.39 is 17.4 Å². The van der Waals surface area contributed by atoms with Gasteiger partial charge in [-0.3, -0.25) is 30.2 Å². The number of nitrogens with zero attached hydrogens (tertiary/aromatic N) is 1. The Morgan fingerprint density at radius 2 is 2.05 bits per heavy atom. The molecular weight excluding hydrogens is 248 g/mol. The van der Waals surface area contributed by atoms with Gasteiger partial charge in [0.05, 0.1) is 5.52 Å². The lowest BCUT2D eigenvalue weighted by Crippen LogP contribution is -2.42. The number of carbonyl (C=O) groups is 2. The van der Waals surface area contributed by atoms with Crippen LogP contribution in [0.4, 0.5) is 0 Å². The second kappa shape index (κ2) is 4.89. The van der Waals surface area contributed by atoms with E-state index in [1.54, 1.807) is 19.2 Å². The number of hydrogen-bond acceptors (Lipinski definition) is 4. The number of amides is 2. The molecule has 0 aliphatic heterocycles. The van der Waals surface area contributed by atoms with Gasteiger partial charge in [0.1, 0.15) is 5.56 Å². The van der Waals surface area contributed by atoms with Crippen LogP contribution in [0.3, 0.4) is 0 Å². The molecule has 98 valence electrons. The summed E-state index contributed by atoms with van der Waals surface area (Å²) in [7, 11) is 0. The van der Waals surface area contributed by atoms with Gasteiger partial charge in [-0.1, -0.05) is 0 Å². The van der Waals surface area contributed by atoms with Crippen LogP contribution >= 0.6 is 0 Å². The fraction of sp³-hybridized carbons (Fsp3) is 0.167. The van der Waals surface area contributed by atoms with Crippen LogP contribution < -0.4 is 16.4 Å². The zero-order valence-electron chi connectivity index (χ0n) is 10.4. The molecule has 2 amide bonds. The smallest absolute Gasteiger partial charge is 0.275 e. The van der Waals surface area contributed by atoms with Crippen molar-refractivity contribution in [2.75, 3.05) is 0 Å². The summed E-state index contributed by atoms with van der Waals surface area (Å²) >= 11 is 0. The van der Waals surface area contributed by atoms with Crippen molar-refractivity contribution in [1.29, 1.82) is 0 Å². The molecule has 0 fully saturated rings. The molecule has 0 bridgehead atoms. The van der Waals surface area contributed by atoms with Crippen LogP contribution in [0, 0.1) is 6.92 Å². The van der Waals surface area contributed by atoms with E-state index in [1.165, 1.54) is 13.0 Å². The van der Waals surface area contributed by atoms with Crippen molar-refractivity contribution < 1.29 is 9.59 Å². The Bertz CT molecular complexity index is 720. The van der Waals surface area contributed by atoms with Gasteiger partial charge in [0.15, 0.2) is 0 Å². The van der Waals surface area contributed by atoms with Gasteiger partial charge in [0.2, 0.25) is 5.91 Å². The Labute approximate surface area is 108 Å². The number of fused-ring (bicyclic) bond motifs is 1. The molecule has 0 radical (unpaired) electrons. The highest BCUT2D eigenvalue weighted by atomic mass is 16.2. The first-order valence-corrected chi connectivity index (χ1v) is 5.54. The van der Waals surface area contributed by atoms with Crippen LogP contribution in [0.1, 0.15) is 23.0 Å². The second-order valence-corrected chi connectivity index (χ2v) is 4.01. The standard InChI is InChI=1S/C12H12N4O3/c1-6-8-5-9(12(19)16-15-7(2)17)11(18)14-10(8)3-4-13-6/h3-5H,1-2H3,(H,14,18)(H,15,17)(H,16,19). The molecule has 2 rings (SSSR count). The van der Waals surface area contributed by atoms with Crippen LogP contribution in [-0.2, 0) is 4.79 Å². The summed E-state index contributed by atoms with van der Waals surface area (Å²) in [4.78, 5) is 40.9. The first-order chi connectivity index (χ1) is 8.99. The molecule has 0 unspecified atom stereocenters. The number of rotatable bonds is 1. The molecule has 2 aromatic rings. The van der Waals surface area contributed by atoms with Crippen molar-refractivity contribution >= 4 is 22.7 Å². The summed E-state index contributed by atoms with van der Waals surface area (Å²) in [6.07, 6.45) is 1.57. The van der Waals surface area contributed by atoms with Crippen LogP contribution in [0.15, 0.2) is 23.1 Å². The molecule has 0 aliphatic carbocycles. The molecule has 0 atom stereocenters. The number of aryl methyl sites for hydroxylation is 1. The maximum absolute atomic E-state index is 11.8. The summed E-state index contributed by atoms with van der Waals surface area (Å²) in [6, 6.07) is 3.10. The molecule has 19 heavy (non-hydrogen) atoms. The van der Waals surface area contributed by atoms with Gasteiger partial charge in [-0.2, -0.15) is 0 Å². The van der Waals surface area contributed by atoms with E-state index in [2.05, 4.69) is 20.8 Å². The molecule has 7 nitrogen and oxygen atoms in total. The number of hydrogen-bond donors (Lipinski definition) is 3. The first kappa shape index (κ1) is 12.7. The number of carbonyl (C=O) groups excluding carboxylic acids is 2. The molecule has 7 heteroatoms. The van der Waals surface area contributed by atoms with E-state index >= 15 is 0 Å². The van der Waals surface area contributed by atoms with Crippen LogP contribution in [0.5, 0.6) is 0 Å². The van der Waals surface area contributed by atoms with E-state index in [9.17, 15) is 14.4 Å². The van der Waals surface area contributed by atoms with Gasteiger partial charge in [-0.15, -0.1) is 0 Å². The Balaban J connectivity index is 2.46. The summed E-state index contributed by atoms with van der Waals surface area (Å²) < 4.78 is 0. The molecule has 0 saturated heterocycles. The van der Waals surface area contributed by atoms with Crippen molar-refractivity contribution in [2.45, 2.75) is 13.8 Å². The molecule has 0 aliphatic rings. The van der Waals surface area contributed by atoms with Crippen molar-refractivity contribution in [3.8, 4) is 0 Å². The maximum Gasteiger partial charge on any atom is 0.275 e. The average molecular weight is 260 g/mol. The van der Waals surface area contributed by atoms with Gasteiger partial charge in [0.25, 0.3) is 11.5 Å². The summed E-state index contributed by atoms with van der Waals surface area (Å²) in [5.74, 6) is -1.11. The normalized spacial score (nSPS) is 10.2. The monoisotopic (exact) mass is 260 g/mol. The van der Waals surface area contributed by atoms with E-state index in [1.807, 2.05) is 0 Å². The van der Waals surface area contributed by atoms with Crippen molar-refractivity contribution in [2.24, 2.45) is 0 Å². The van der Waals surface area contributed by atoms with Crippen molar-refractivity contribution in [3.63, 3.8) is 0 Å². The zero-order valence-corrected chi connectivity index (χ0v) is 10.4. The highest BCUT2D eigenvalue weighted by Gasteiger charge is 2.12. The predicted octanol–water partition coefficient (Wildman–Crippen LogP) is 0.0124. The SMILES string of the molecule is CC(=O)NNC(=O)c1cc2c(C)nccc2[nH]c1=O. The minimum absolute atomic E-state index is 0.0858. The van der Waals surface area contributed by atoms with Gasteiger partial charge in [-0.25, -0.2) is 0 Å². The molecule has 3 N–H and O–H groups in total. The minimum Gasteiger partial charge on any atom is -0.321 e. The lowest BCUT2D eigenvalue weighted by molar-refractivity contribution is -0.119. The van der Waals surface area contributed by atoms with Gasteiger partial charge in [0, 0.05) is 24.2 Å². The van der Waals surface area contributed by atoms with E-state index in [0.29, 0.717) is 16.6 Å². The van der Waals surface area contributed by atoms with Gasteiger partial charge in [-0.05, 0) is 19.1 Å². The Morgan fingerprint density at radius 1 is 1.32 bits per heavy atom. The Morgan fingerprint density at radius 3 is 2.74 bits per heavy atom. The molecule has 0 saturated carbocycles. The largest absolute Gasteiger partial charge is 0.321 e. The van der Waals surface area contributed by atoms with E-state index in [4.69, 9.17) is 0 Å². The summed E-state index contributed by atoms with van der Waals surface area (Å²) in [5, 5.41) is 0.676. The first-order valence-electron chi connectivity index (χ1n) is 5.54. The maximum atomic E-state index is 11.8. The summed E-state index contributed by atoms with van der Waals surface area (Å²) in [6.45, 7) is 3.02. The quantitative estimate of drug-likeness (QED) is 0.628. The average Bonchev–Trinajstić information content (AvgIpc) is 2.35. The highest BCUT2D eigenvalue weighted by Crippen LogP contribution is 2.13. The number of aromatic amines is 1. The van der Waals surface area contributed by atoms with Crippen molar-refractivity contribution in [1.82, 2.24) is 20.8 Å². The highest BCUT2D eigenvalue weighted by molar-refractivity contribution is 5.98. The van der Waals surface area contributed by atoms with Crippen LogP contribution in [-0.4, -0.2) is 21.8 Å². The Kier molecular flexibility index (Phi) is 3.28. The fourth-order valence-corrected chi connectivity index (χ4v) is 1.65. The predicted molar refractivity (Wildman–Crippen MR) is 68.4 cm³/mol. The molecular formula is C12H12N4O3. The van der Waals surface area contributed by atoms with Crippen LogP contribution in [0.25, 0.3) is 10.9 Å². The molecule has 2 aromatic heterocycles. The lowest BCUT2D eigenvalue weighted by atomic mass is 10.1. The fourth-order valence-electron chi connectivity index (χ4n) is 1.65.